The van der Waals surface area contributed by atoms with E-state index >= 15 is 0 Å². The fourth-order valence-electron chi connectivity index (χ4n) is 4.48. The van der Waals surface area contributed by atoms with E-state index in [1.807, 2.05) is 36.4 Å². The van der Waals surface area contributed by atoms with E-state index in [4.69, 9.17) is 14.3 Å². The number of aliphatic carboxylic acids is 1. The highest BCUT2D eigenvalue weighted by Crippen LogP contribution is 2.34. The Bertz CT molecular complexity index is 1110. The number of hydrogen-bond acceptors (Lipinski definition) is 4. The molecule has 3 aromatic rings. The number of nitrogens with zero attached hydrogens (tertiary/aromatic N) is 1. The maximum Gasteiger partial charge on any atom is 0.309 e. The second kappa shape index (κ2) is 8.77. The molecule has 5 rings (SSSR count). The van der Waals surface area contributed by atoms with Crippen LogP contribution in [-0.2, 0) is 17.8 Å². The topological polar surface area (TPSA) is 62.9 Å². The number of para-hydroxylation sites is 1. The number of allylic oxidation sites excluding steroid dienone is 1. The third-order valence-electron chi connectivity index (χ3n) is 6.29. The molecular weight excluding hydrogens is 414 g/mol. The lowest BCUT2D eigenvalue weighted by molar-refractivity contribution is -0.147. The van der Waals surface area contributed by atoms with Gasteiger partial charge in [-0.1, -0.05) is 29.8 Å². The second-order valence-electron chi connectivity index (χ2n) is 8.32. The zero-order valence-electron chi connectivity index (χ0n) is 17.5. The van der Waals surface area contributed by atoms with E-state index < -0.39 is 5.97 Å². The summed E-state index contributed by atoms with van der Waals surface area (Å²) in [6.45, 7) is 4.78. The number of furan rings is 1. The van der Waals surface area contributed by atoms with Crippen molar-refractivity contribution in [1.29, 1.82) is 0 Å². The van der Waals surface area contributed by atoms with Gasteiger partial charge in [-0.25, -0.2) is 0 Å². The second-order valence-corrected chi connectivity index (χ2v) is 8.32. The summed E-state index contributed by atoms with van der Waals surface area (Å²) < 4.78 is 11.8. The smallest absolute Gasteiger partial charge is 0.309 e. The first kappa shape index (κ1) is 21.5. The summed E-state index contributed by atoms with van der Waals surface area (Å²) in [5, 5.41) is 10.2. The van der Waals surface area contributed by atoms with Crippen LogP contribution in [0.4, 0.5) is 0 Å². The van der Waals surface area contributed by atoms with Crippen LogP contribution in [-0.4, -0.2) is 35.6 Å². The fraction of sp³-hybridized carbons (Fsp3) is 0.320. The molecule has 2 aliphatic rings. The predicted octanol–water partition coefficient (Wildman–Crippen LogP) is 5.17. The molecule has 0 spiro atoms. The van der Waals surface area contributed by atoms with Gasteiger partial charge in [0, 0.05) is 25.0 Å². The number of carboxylic acids is 1. The van der Waals surface area contributed by atoms with E-state index in [0.29, 0.717) is 19.7 Å². The monoisotopic (exact) mass is 439 g/mol. The molecule has 5 nitrogen and oxygen atoms in total. The van der Waals surface area contributed by atoms with Gasteiger partial charge in [-0.2, -0.15) is 0 Å². The van der Waals surface area contributed by atoms with Crippen LogP contribution in [0.5, 0.6) is 5.75 Å². The van der Waals surface area contributed by atoms with Gasteiger partial charge in [-0.15, -0.1) is 12.4 Å². The van der Waals surface area contributed by atoms with Gasteiger partial charge in [0.15, 0.2) is 0 Å². The lowest BCUT2D eigenvalue weighted by Gasteiger charge is -2.38. The Balaban J connectivity index is 0.00000231. The highest BCUT2D eigenvalue weighted by atomic mass is 35.5. The third-order valence-corrected chi connectivity index (χ3v) is 6.29. The molecule has 2 aromatic carbocycles. The molecule has 1 aliphatic heterocycles. The van der Waals surface area contributed by atoms with E-state index in [1.54, 1.807) is 0 Å². The highest BCUT2D eigenvalue weighted by molar-refractivity contribution is 5.85. The maximum atomic E-state index is 11.0. The van der Waals surface area contributed by atoms with Crippen LogP contribution in [0.3, 0.4) is 0 Å². The van der Waals surface area contributed by atoms with Crippen molar-refractivity contribution >= 4 is 34.9 Å². The van der Waals surface area contributed by atoms with Crippen LogP contribution < -0.4 is 4.74 Å². The van der Waals surface area contributed by atoms with Crippen molar-refractivity contribution in [2.24, 2.45) is 5.92 Å². The van der Waals surface area contributed by atoms with Gasteiger partial charge in [-0.05, 0) is 60.7 Å². The van der Waals surface area contributed by atoms with Crippen molar-refractivity contribution in [3.8, 4) is 5.75 Å². The van der Waals surface area contributed by atoms with E-state index in [1.165, 1.54) is 22.3 Å². The molecule has 6 heteroatoms. The lowest BCUT2D eigenvalue weighted by Crippen LogP contribution is -2.50. The molecule has 1 aromatic heterocycles. The maximum absolute atomic E-state index is 11.0. The van der Waals surface area contributed by atoms with Gasteiger partial charge in [0.1, 0.15) is 23.7 Å². The number of carbonyl (C=O) groups is 1. The van der Waals surface area contributed by atoms with Crippen molar-refractivity contribution < 1.29 is 19.1 Å². The molecule has 0 bridgehead atoms. The SMILES string of the molecule is CC1=C(CN2CC(C(=O)O)C2)CCc2cc(OCc3cc4ccccc4o3)ccc21.Cl. The summed E-state index contributed by atoms with van der Waals surface area (Å²) in [7, 11) is 0. The van der Waals surface area contributed by atoms with Gasteiger partial charge in [0.05, 0.1) is 5.92 Å². The first-order valence-electron chi connectivity index (χ1n) is 10.4. The van der Waals surface area contributed by atoms with Crippen molar-refractivity contribution in [1.82, 2.24) is 4.90 Å². The summed E-state index contributed by atoms with van der Waals surface area (Å²) in [6, 6.07) is 16.3. The Labute approximate surface area is 187 Å². The minimum Gasteiger partial charge on any atom is -0.486 e. The minimum absolute atomic E-state index is 0. The minimum atomic E-state index is -0.680. The molecule has 0 saturated carbocycles. The Kier molecular flexibility index (Phi) is 6.08. The molecule has 1 aliphatic carbocycles. The van der Waals surface area contributed by atoms with Crippen LogP contribution >= 0.6 is 12.4 Å². The number of carboxylic acid groups (broad SMARTS) is 1. The summed E-state index contributed by atoms with van der Waals surface area (Å²) in [5.41, 5.74) is 6.21. The molecule has 2 heterocycles. The van der Waals surface area contributed by atoms with Crippen molar-refractivity contribution in [3.63, 3.8) is 0 Å². The van der Waals surface area contributed by atoms with E-state index in [-0.39, 0.29) is 18.3 Å². The van der Waals surface area contributed by atoms with E-state index in [2.05, 4.69) is 24.0 Å². The van der Waals surface area contributed by atoms with Crippen LogP contribution in [0.25, 0.3) is 16.5 Å². The molecule has 31 heavy (non-hydrogen) atoms. The Morgan fingerprint density at radius 1 is 1.16 bits per heavy atom. The predicted molar refractivity (Wildman–Crippen MR) is 123 cm³/mol. The first-order valence-corrected chi connectivity index (χ1v) is 10.4. The average molecular weight is 440 g/mol. The first-order chi connectivity index (χ1) is 14.6. The third kappa shape index (κ3) is 4.34. The number of ether oxygens (including phenoxy) is 1. The summed E-state index contributed by atoms with van der Waals surface area (Å²) in [4.78, 5) is 13.2. The summed E-state index contributed by atoms with van der Waals surface area (Å²) in [5.74, 6) is 0.799. The van der Waals surface area contributed by atoms with Crippen LogP contribution in [0, 0.1) is 5.92 Å². The van der Waals surface area contributed by atoms with Gasteiger partial charge in [0.2, 0.25) is 0 Å². The number of rotatable bonds is 6. The molecule has 1 saturated heterocycles. The van der Waals surface area contributed by atoms with Gasteiger partial charge >= 0.3 is 5.97 Å². The Morgan fingerprint density at radius 2 is 1.97 bits per heavy atom. The molecule has 0 unspecified atom stereocenters. The largest absolute Gasteiger partial charge is 0.486 e. The average Bonchev–Trinajstić information content (AvgIpc) is 3.13. The lowest BCUT2D eigenvalue weighted by atomic mass is 9.85. The zero-order chi connectivity index (χ0) is 20.7. The Morgan fingerprint density at radius 3 is 2.74 bits per heavy atom. The molecule has 1 fully saturated rings. The van der Waals surface area contributed by atoms with Gasteiger partial charge in [0.25, 0.3) is 0 Å². The number of benzene rings is 2. The molecule has 1 N–H and O–H groups in total. The standard InChI is InChI=1S/C25H25NO4.ClH/c1-16-19(12-26-13-20(14-26)25(27)28)7-6-17-10-21(8-9-23(16)17)29-15-22-11-18-4-2-3-5-24(18)30-22;/h2-5,8-11,20H,6-7,12-15H2,1H3,(H,27,28);1H. The molecule has 0 radical (unpaired) electrons. The quantitative estimate of drug-likeness (QED) is 0.574. The summed E-state index contributed by atoms with van der Waals surface area (Å²) >= 11 is 0. The number of fused-ring (bicyclic) bond motifs is 2. The van der Waals surface area contributed by atoms with Crippen LogP contribution in [0.1, 0.15) is 30.2 Å². The van der Waals surface area contributed by atoms with Crippen LogP contribution in [0.2, 0.25) is 0 Å². The van der Waals surface area contributed by atoms with Gasteiger partial charge in [-0.3, -0.25) is 9.69 Å². The van der Waals surface area contributed by atoms with Crippen LogP contribution in [0.15, 0.2) is 58.5 Å². The van der Waals surface area contributed by atoms with Gasteiger partial charge < -0.3 is 14.3 Å². The van der Waals surface area contributed by atoms with E-state index in [9.17, 15) is 4.79 Å². The number of halogens is 1. The number of aryl methyl sites for hydroxylation is 1. The zero-order valence-corrected chi connectivity index (χ0v) is 18.3. The molecular formula is C25H26ClNO4. The Hall–Kier alpha value is -2.76. The molecule has 0 amide bonds. The number of likely N-dealkylation sites (tertiary alicyclic amines) is 1. The fourth-order valence-corrected chi connectivity index (χ4v) is 4.48. The van der Waals surface area contributed by atoms with Crippen molar-refractivity contribution in [3.05, 3.63) is 71.0 Å². The van der Waals surface area contributed by atoms with Crippen molar-refractivity contribution in [2.45, 2.75) is 26.4 Å². The normalized spacial score (nSPS) is 16.5. The molecule has 0 atom stereocenters. The van der Waals surface area contributed by atoms with Crippen molar-refractivity contribution in [2.75, 3.05) is 19.6 Å². The number of hydrogen-bond donors (Lipinski definition) is 1. The van der Waals surface area contributed by atoms with E-state index in [0.717, 1.165) is 41.9 Å². The highest BCUT2D eigenvalue weighted by Gasteiger charge is 2.33. The summed E-state index contributed by atoms with van der Waals surface area (Å²) in [6.07, 6.45) is 2.00. The molecule has 162 valence electrons.